The average molecular weight is 440 g/mol. The molecule has 2 aliphatic rings. The molecule has 0 aliphatic heterocycles. The van der Waals surface area contributed by atoms with Crippen LogP contribution in [0.1, 0.15) is 53.7 Å². The van der Waals surface area contributed by atoms with Crippen molar-refractivity contribution < 1.29 is 24.2 Å². The monoisotopic (exact) mass is 440 g/mol. The molecule has 2 saturated carbocycles. The standard InChI is InChI=1S/C23H25FN4O4/c24-18-9-14(13-1-2-13)3-6-19(18)26-21-17-10-25-8-7-20(17)28(15-4-5-15)22(21)23(31)27-32-12-16(30)11-29/h3,6-10,13,15-16,26,29-30H,1-2,4-5,11-12H2,(H,27,31)/t16-/m1/s1. The molecule has 32 heavy (non-hydrogen) atoms. The van der Waals surface area contributed by atoms with E-state index in [0.29, 0.717) is 22.7 Å². The van der Waals surface area contributed by atoms with Gasteiger partial charge in [-0.1, -0.05) is 6.07 Å². The van der Waals surface area contributed by atoms with E-state index in [4.69, 9.17) is 9.94 Å². The Kier molecular flexibility index (Phi) is 5.54. The van der Waals surface area contributed by atoms with Crippen LogP contribution in [0.4, 0.5) is 15.8 Å². The van der Waals surface area contributed by atoms with Gasteiger partial charge in [-0.2, -0.15) is 0 Å². The van der Waals surface area contributed by atoms with E-state index < -0.39 is 18.6 Å². The van der Waals surface area contributed by atoms with Gasteiger partial charge in [-0.15, -0.1) is 0 Å². The largest absolute Gasteiger partial charge is 0.394 e. The summed E-state index contributed by atoms with van der Waals surface area (Å²) in [5.74, 6) is -0.470. The molecule has 0 radical (unpaired) electrons. The normalized spacial score (nSPS) is 16.8. The summed E-state index contributed by atoms with van der Waals surface area (Å²) < 4.78 is 16.8. The van der Waals surface area contributed by atoms with E-state index in [9.17, 15) is 14.3 Å². The summed E-state index contributed by atoms with van der Waals surface area (Å²) in [5, 5.41) is 22.2. The number of benzene rings is 1. The van der Waals surface area contributed by atoms with Gasteiger partial charge in [0, 0.05) is 23.8 Å². The van der Waals surface area contributed by atoms with Gasteiger partial charge in [-0.05, 0) is 55.4 Å². The van der Waals surface area contributed by atoms with Gasteiger partial charge >= 0.3 is 0 Å². The number of anilines is 2. The Morgan fingerprint density at radius 2 is 2.09 bits per heavy atom. The second kappa shape index (κ2) is 8.50. The van der Waals surface area contributed by atoms with Crippen molar-refractivity contribution in [1.29, 1.82) is 0 Å². The minimum Gasteiger partial charge on any atom is -0.394 e. The van der Waals surface area contributed by atoms with Crippen LogP contribution in [0.25, 0.3) is 10.9 Å². The second-order valence-electron chi connectivity index (χ2n) is 8.43. The van der Waals surface area contributed by atoms with E-state index in [1.165, 1.54) is 0 Å². The molecule has 1 amide bonds. The van der Waals surface area contributed by atoms with Crippen LogP contribution in [0, 0.1) is 5.82 Å². The number of aliphatic hydroxyl groups excluding tert-OH is 2. The third-order valence-corrected chi connectivity index (χ3v) is 5.88. The van der Waals surface area contributed by atoms with Crippen molar-refractivity contribution >= 4 is 28.2 Å². The van der Waals surface area contributed by atoms with E-state index in [1.54, 1.807) is 24.5 Å². The molecule has 168 valence electrons. The van der Waals surface area contributed by atoms with Gasteiger partial charge in [0.1, 0.15) is 24.2 Å². The number of carbonyl (C=O) groups is 1. The molecule has 2 heterocycles. The minimum atomic E-state index is -1.11. The van der Waals surface area contributed by atoms with Crippen molar-refractivity contribution in [2.24, 2.45) is 0 Å². The fraction of sp³-hybridized carbons (Fsp3) is 0.391. The van der Waals surface area contributed by atoms with Gasteiger partial charge < -0.3 is 20.1 Å². The Morgan fingerprint density at radius 1 is 1.28 bits per heavy atom. The predicted molar refractivity (Wildman–Crippen MR) is 116 cm³/mol. The topological polar surface area (TPSA) is 109 Å². The van der Waals surface area contributed by atoms with E-state index in [2.05, 4.69) is 15.8 Å². The zero-order valence-corrected chi connectivity index (χ0v) is 17.4. The Hall–Kier alpha value is -3.01. The number of nitrogens with one attached hydrogen (secondary N) is 2. The van der Waals surface area contributed by atoms with Gasteiger partial charge in [0.25, 0.3) is 5.91 Å². The molecule has 1 atom stereocenters. The van der Waals surface area contributed by atoms with E-state index >= 15 is 0 Å². The molecule has 0 saturated heterocycles. The van der Waals surface area contributed by atoms with Crippen molar-refractivity contribution in [3.8, 4) is 0 Å². The molecule has 2 aromatic heterocycles. The first kappa shape index (κ1) is 20.9. The first-order valence-corrected chi connectivity index (χ1v) is 10.8. The lowest BCUT2D eigenvalue weighted by Crippen LogP contribution is -2.31. The van der Waals surface area contributed by atoms with E-state index in [-0.39, 0.29) is 24.2 Å². The van der Waals surface area contributed by atoms with Crippen molar-refractivity contribution in [1.82, 2.24) is 15.0 Å². The summed E-state index contributed by atoms with van der Waals surface area (Å²) >= 11 is 0. The number of pyridine rings is 1. The number of hydrogen-bond donors (Lipinski definition) is 4. The van der Waals surface area contributed by atoms with Crippen LogP contribution in [0.5, 0.6) is 0 Å². The van der Waals surface area contributed by atoms with Gasteiger partial charge in [-0.3, -0.25) is 14.6 Å². The number of halogens is 1. The van der Waals surface area contributed by atoms with Gasteiger partial charge in [0.2, 0.25) is 0 Å². The Labute approximate surface area is 184 Å². The number of hydroxylamine groups is 1. The van der Waals surface area contributed by atoms with Crippen molar-refractivity contribution in [3.05, 3.63) is 53.7 Å². The number of aromatic nitrogens is 2. The maximum atomic E-state index is 14.9. The molecule has 0 spiro atoms. The Balaban J connectivity index is 1.52. The molecule has 0 unspecified atom stereocenters. The Morgan fingerprint density at radius 3 is 2.78 bits per heavy atom. The zero-order valence-electron chi connectivity index (χ0n) is 17.4. The third kappa shape index (κ3) is 4.06. The molecule has 9 heteroatoms. The lowest BCUT2D eigenvalue weighted by molar-refractivity contribution is -0.0297. The lowest BCUT2D eigenvalue weighted by Gasteiger charge is -2.14. The molecule has 5 rings (SSSR count). The third-order valence-electron chi connectivity index (χ3n) is 5.88. The zero-order chi connectivity index (χ0) is 22.2. The number of fused-ring (bicyclic) bond motifs is 1. The van der Waals surface area contributed by atoms with Crippen LogP contribution in [-0.4, -0.2) is 45.0 Å². The van der Waals surface area contributed by atoms with E-state index in [0.717, 1.165) is 36.8 Å². The fourth-order valence-electron chi connectivity index (χ4n) is 3.96. The summed E-state index contributed by atoms with van der Waals surface area (Å²) in [4.78, 5) is 22.4. The molecule has 2 fully saturated rings. The van der Waals surface area contributed by atoms with Crippen LogP contribution in [-0.2, 0) is 4.84 Å². The van der Waals surface area contributed by atoms with Gasteiger partial charge in [-0.25, -0.2) is 9.87 Å². The first-order valence-electron chi connectivity index (χ1n) is 10.8. The summed E-state index contributed by atoms with van der Waals surface area (Å²) in [6.07, 6.45) is 6.24. The lowest BCUT2D eigenvalue weighted by atomic mass is 10.1. The summed E-state index contributed by atoms with van der Waals surface area (Å²) in [7, 11) is 0. The average Bonchev–Trinajstić information content (AvgIpc) is 3.72. The second-order valence-corrected chi connectivity index (χ2v) is 8.43. The number of nitrogens with zero attached hydrogens (tertiary/aromatic N) is 2. The molecule has 1 aromatic carbocycles. The molecule has 0 bridgehead atoms. The summed E-state index contributed by atoms with van der Waals surface area (Å²) in [5.41, 5.74) is 5.17. The maximum absolute atomic E-state index is 14.9. The quantitative estimate of drug-likeness (QED) is 0.381. The number of amides is 1. The molecule has 4 N–H and O–H groups in total. The maximum Gasteiger partial charge on any atom is 0.293 e. The van der Waals surface area contributed by atoms with Crippen molar-refractivity contribution in [2.45, 2.75) is 43.7 Å². The SMILES string of the molecule is O=C(NOC[C@H](O)CO)c1c(Nc2ccc(C3CC3)cc2F)c2cnccc2n1C1CC1. The number of aliphatic hydroxyl groups is 2. The first-order chi connectivity index (χ1) is 15.6. The van der Waals surface area contributed by atoms with Crippen LogP contribution in [0.2, 0.25) is 0 Å². The highest BCUT2D eigenvalue weighted by atomic mass is 19.1. The molecule has 3 aromatic rings. The predicted octanol–water partition coefficient (Wildman–Crippen LogP) is 3.15. The number of carbonyl (C=O) groups excluding carboxylic acids is 1. The molecular weight excluding hydrogens is 415 g/mol. The number of rotatable bonds is 9. The highest BCUT2D eigenvalue weighted by Gasteiger charge is 2.33. The van der Waals surface area contributed by atoms with Crippen molar-refractivity contribution in [3.63, 3.8) is 0 Å². The van der Waals surface area contributed by atoms with E-state index in [1.807, 2.05) is 16.7 Å². The minimum absolute atomic E-state index is 0.154. The van der Waals surface area contributed by atoms with Crippen LogP contribution in [0.3, 0.4) is 0 Å². The van der Waals surface area contributed by atoms with Crippen LogP contribution in [0.15, 0.2) is 36.7 Å². The Bertz CT molecular complexity index is 1160. The summed E-state index contributed by atoms with van der Waals surface area (Å²) in [6, 6.07) is 7.16. The fourth-order valence-corrected chi connectivity index (χ4v) is 3.96. The molecule has 8 nitrogen and oxygen atoms in total. The van der Waals surface area contributed by atoms with Gasteiger partial charge in [0.15, 0.2) is 0 Å². The summed E-state index contributed by atoms with van der Waals surface area (Å²) in [6.45, 7) is -0.736. The van der Waals surface area contributed by atoms with Crippen LogP contribution < -0.4 is 10.8 Å². The van der Waals surface area contributed by atoms with Gasteiger partial charge in [0.05, 0.1) is 23.5 Å². The highest BCUT2D eigenvalue weighted by molar-refractivity contribution is 6.09. The molecular formula is C23H25FN4O4. The smallest absolute Gasteiger partial charge is 0.293 e. The van der Waals surface area contributed by atoms with Crippen molar-refractivity contribution in [2.75, 3.05) is 18.5 Å². The highest BCUT2D eigenvalue weighted by Crippen LogP contribution is 2.44. The molecule has 2 aliphatic carbocycles. The number of hydrogen-bond acceptors (Lipinski definition) is 6. The van der Waals surface area contributed by atoms with Crippen LogP contribution >= 0.6 is 0 Å².